The van der Waals surface area contributed by atoms with E-state index < -0.39 is 28.4 Å². The molecule has 1 aromatic carbocycles. The summed E-state index contributed by atoms with van der Waals surface area (Å²) in [6, 6.07) is 2.02. The fourth-order valence-electron chi connectivity index (χ4n) is 7.20. The number of hydrogen-bond donors (Lipinski definition) is 1. The number of hydrogen-bond acceptors (Lipinski definition) is 8. The number of halogens is 3. The number of thiophene rings is 1. The number of rotatable bonds is 3. The van der Waals surface area contributed by atoms with Gasteiger partial charge in [0.05, 0.1) is 16.5 Å². The van der Waals surface area contributed by atoms with Gasteiger partial charge in [-0.25, -0.2) is 4.79 Å². The van der Waals surface area contributed by atoms with Crippen LogP contribution in [0.4, 0.5) is 19.0 Å². The average Bonchev–Trinajstić information content (AvgIpc) is 3.31. The van der Waals surface area contributed by atoms with Crippen LogP contribution in [0.3, 0.4) is 0 Å². The number of Topliss-reactive ketones (excluding diaryl/α,β-unsaturated/α-hetero) is 1. The Bertz CT molecular complexity index is 2050. The number of H-pyrrole nitrogens is 1. The lowest BCUT2D eigenvalue weighted by atomic mass is 9.69. The maximum absolute atomic E-state index is 15.2. The van der Waals surface area contributed by atoms with E-state index in [0.717, 1.165) is 17.4 Å². The van der Waals surface area contributed by atoms with Crippen LogP contribution in [0.15, 0.2) is 50.8 Å². The SMILES string of the molecule is C=CC(=O)N1[C@H](C)CN(c2nc(=O)n3c4c(c(-c5scc6cc[nH]c(=O)c56)c(C(F)(F)F)cc24)SCC2(CC(=O)C2)C3)C[C@@H]1C. The highest BCUT2D eigenvalue weighted by atomic mass is 32.2. The maximum Gasteiger partial charge on any atom is 0.417 e. The molecule has 1 amide bonds. The van der Waals surface area contributed by atoms with Crippen molar-refractivity contribution in [3.63, 3.8) is 0 Å². The van der Waals surface area contributed by atoms with Gasteiger partial charge >= 0.3 is 11.9 Å². The predicted molar refractivity (Wildman–Crippen MR) is 168 cm³/mol. The fraction of sp³-hybridized carbons (Fsp3) is 0.387. The largest absolute Gasteiger partial charge is 0.417 e. The highest BCUT2D eigenvalue weighted by molar-refractivity contribution is 7.99. The third-order valence-corrected chi connectivity index (χ3v) is 11.5. The van der Waals surface area contributed by atoms with Crippen LogP contribution in [-0.4, -0.2) is 62.1 Å². The molecule has 1 saturated carbocycles. The zero-order chi connectivity index (χ0) is 32.0. The molecule has 234 valence electrons. The molecule has 4 aromatic rings. The molecule has 45 heavy (non-hydrogen) atoms. The van der Waals surface area contributed by atoms with Gasteiger partial charge in [-0.2, -0.15) is 18.2 Å². The lowest BCUT2D eigenvalue weighted by Gasteiger charge is -2.44. The van der Waals surface area contributed by atoms with Crippen LogP contribution in [-0.2, 0) is 22.3 Å². The van der Waals surface area contributed by atoms with E-state index in [1.807, 2.05) is 13.8 Å². The zero-order valence-electron chi connectivity index (χ0n) is 24.4. The van der Waals surface area contributed by atoms with Crippen molar-refractivity contribution in [1.29, 1.82) is 0 Å². The van der Waals surface area contributed by atoms with Crippen LogP contribution in [0.2, 0.25) is 0 Å². The highest BCUT2D eigenvalue weighted by Crippen LogP contribution is 2.54. The number of anilines is 1. The van der Waals surface area contributed by atoms with Crippen LogP contribution in [0, 0.1) is 5.41 Å². The Morgan fingerprint density at radius 1 is 1.18 bits per heavy atom. The van der Waals surface area contributed by atoms with Crippen molar-refractivity contribution in [1.82, 2.24) is 19.4 Å². The standard InChI is InChI=1S/C31H28F3N5O4S2/c1-4-21(41)39-15(2)10-37(11-16(39)3)27-19-7-20(31(32,33)34)23(25-22-17(12-44-25)5-6-35-28(22)42)26-24(19)38(29(43)36-27)13-30(14-45-26)8-18(40)9-30/h4-7,12,15-16H,1,8-11,13-14H2,2-3H3,(H,35,42)/t15-,16+. The highest BCUT2D eigenvalue weighted by Gasteiger charge is 2.47. The summed E-state index contributed by atoms with van der Waals surface area (Å²) in [6.07, 6.45) is -1.69. The zero-order valence-corrected chi connectivity index (χ0v) is 26.0. The normalized spacial score (nSPS) is 21.3. The summed E-state index contributed by atoms with van der Waals surface area (Å²) in [5, 5.41) is 2.48. The first-order valence-corrected chi connectivity index (χ1v) is 16.3. The molecule has 9 nitrogen and oxygen atoms in total. The maximum atomic E-state index is 15.2. The molecule has 2 atom stereocenters. The minimum atomic E-state index is -4.82. The Morgan fingerprint density at radius 3 is 2.53 bits per heavy atom. The Balaban J connectivity index is 1.54. The number of aromatic amines is 1. The number of nitrogens with one attached hydrogen (secondary N) is 1. The minimum absolute atomic E-state index is 0.0392. The summed E-state index contributed by atoms with van der Waals surface area (Å²) in [6.45, 7) is 7.87. The first-order chi connectivity index (χ1) is 21.3. The van der Waals surface area contributed by atoms with Crippen molar-refractivity contribution in [2.75, 3.05) is 23.7 Å². The van der Waals surface area contributed by atoms with Crippen LogP contribution in [0.25, 0.3) is 32.1 Å². The van der Waals surface area contributed by atoms with Gasteiger partial charge in [0.25, 0.3) is 5.56 Å². The molecule has 0 radical (unpaired) electrons. The van der Waals surface area contributed by atoms with Crippen molar-refractivity contribution >= 4 is 62.3 Å². The number of alkyl halides is 3. The molecule has 1 saturated heterocycles. The van der Waals surface area contributed by atoms with Crippen molar-refractivity contribution in [3.05, 3.63) is 62.8 Å². The van der Waals surface area contributed by atoms with Crippen molar-refractivity contribution < 1.29 is 22.8 Å². The quantitative estimate of drug-likeness (QED) is 0.308. The number of benzene rings is 1. The second-order valence-corrected chi connectivity index (χ2v) is 14.1. The van der Waals surface area contributed by atoms with E-state index in [-0.39, 0.29) is 88.2 Å². The number of ketones is 1. The van der Waals surface area contributed by atoms with E-state index in [1.54, 1.807) is 21.2 Å². The molecule has 3 aliphatic rings. The molecule has 1 N–H and O–H groups in total. The Hall–Kier alpha value is -3.91. The number of amides is 1. The molecule has 2 aliphatic heterocycles. The molecule has 0 bridgehead atoms. The second-order valence-electron chi connectivity index (χ2n) is 12.3. The lowest BCUT2D eigenvalue weighted by molar-refractivity contribution is -0.137. The molecular formula is C31H28F3N5O4S2. The first-order valence-electron chi connectivity index (χ1n) is 14.4. The van der Waals surface area contributed by atoms with Gasteiger partial charge in [0.2, 0.25) is 5.91 Å². The van der Waals surface area contributed by atoms with Crippen molar-refractivity contribution in [3.8, 4) is 10.4 Å². The topological polar surface area (TPSA) is 108 Å². The third-order valence-electron chi connectivity index (χ3n) is 9.06. The summed E-state index contributed by atoms with van der Waals surface area (Å²) < 4.78 is 46.9. The van der Waals surface area contributed by atoms with Gasteiger partial charge in [-0.3, -0.25) is 19.0 Å². The molecule has 3 aromatic heterocycles. The molecule has 7 rings (SSSR count). The molecule has 1 spiro atoms. The van der Waals surface area contributed by atoms with Crippen LogP contribution in [0.1, 0.15) is 32.3 Å². The van der Waals surface area contributed by atoms with Gasteiger partial charge in [0.15, 0.2) is 0 Å². The number of aromatic nitrogens is 3. The van der Waals surface area contributed by atoms with Crippen LogP contribution >= 0.6 is 23.1 Å². The van der Waals surface area contributed by atoms with Crippen LogP contribution < -0.4 is 16.1 Å². The molecule has 5 heterocycles. The predicted octanol–water partition coefficient (Wildman–Crippen LogP) is 5.05. The number of piperazine rings is 1. The van der Waals surface area contributed by atoms with E-state index in [2.05, 4.69) is 16.5 Å². The molecule has 0 unspecified atom stereocenters. The van der Waals surface area contributed by atoms with Crippen molar-refractivity contribution in [2.24, 2.45) is 5.41 Å². The minimum Gasteiger partial charge on any atom is -0.352 e. The Morgan fingerprint density at radius 2 is 1.89 bits per heavy atom. The summed E-state index contributed by atoms with van der Waals surface area (Å²) >= 11 is 2.25. The monoisotopic (exact) mass is 655 g/mol. The summed E-state index contributed by atoms with van der Waals surface area (Å²) in [5.41, 5.74) is -2.48. The number of thioether (sulfide) groups is 1. The first kappa shape index (κ1) is 29.8. The van der Waals surface area contributed by atoms with E-state index in [9.17, 15) is 19.2 Å². The molecule has 1 aliphatic carbocycles. The molecule has 14 heteroatoms. The van der Waals surface area contributed by atoms with E-state index in [4.69, 9.17) is 0 Å². The van der Waals surface area contributed by atoms with Gasteiger partial charge in [-0.1, -0.05) is 6.58 Å². The number of nitrogens with zero attached hydrogens (tertiary/aromatic N) is 4. The van der Waals surface area contributed by atoms with Gasteiger partial charge in [0.1, 0.15) is 11.6 Å². The molecule has 2 fully saturated rings. The third kappa shape index (κ3) is 4.63. The van der Waals surface area contributed by atoms with E-state index >= 15 is 13.2 Å². The second kappa shape index (κ2) is 10.3. The number of fused-ring (bicyclic) bond motifs is 1. The average molecular weight is 656 g/mol. The Labute approximate surface area is 262 Å². The van der Waals surface area contributed by atoms with Crippen molar-refractivity contribution in [2.45, 2.75) is 56.4 Å². The summed E-state index contributed by atoms with van der Waals surface area (Å²) in [7, 11) is 0. The van der Waals surface area contributed by atoms with E-state index in [1.165, 1.54) is 28.6 Å². The summed E-state index contributed by atoms with van der Waals surface area (Å²) in [5.74, 6) is 0.227. The lowest BCUT2D eigenvalue weighted by Crippen LogP contribution is -2.58. The van der Waals surface area contributed by atoms with Crippen LogP contribution in [0.5, 0.6) is 0 Å². The molecular weight excluding hydrogens is 628 g/mol. The Kier molecular flexibility index (Phi) is 6.82. The van der Waals surface area contributed by atoms with E-state index in [0.29, 0.717) is 16.7 Å². The number of pyridine rings is 1. The van der Waals surface area contributed by atoms with Gasteiger partial charge in [-0.15, -0.1) is 23.1 Å². The van der Waals surface area contributed by atoms with Gasteiger partial charge in [-0.05, 0) is 42.8 Å². The smallest absolute Gasteiger partial charge is 0.352 e. The number of carbonyl (C=O) groups is 2. The summed E-state index contributed by atoms with van der Waals surface area (Å²) in [4.78, 5) is 62.4. The number of carbonyl (C=O) groups excluding carboxylic acids is 2. The van der Waals surface area contributed by atoms with Gasteiger partial charge in [0, 0.05) is 82.6 Å². The van der Waals surface area contributed by atoms with Gasteiger partial charge < -0.3 is 14.8 Å². The fourth-order valence-corrected chi connectivity index (χ4v) is 9.83.